The number of halogens is 2. The molecular formula is C13H12Cl2O. The van der Waals surface area contributed by atoms with Crippen molar-refractivity contribution in [3.05, 3.63) is 64.1 Å². The molecule has 0 aliphatic heterocycles. The Morgan fingerprint density at radius 2 is 1.56 bits per heavy atom. The number of aryl methyl sites for hydroxylation is 1. The molecule has 0 radical (unpaired) electrons. The Kier molecular flexibility index (Phi) is 5.17. The van der Waals surface area contributed by atoms with Crippen LogP contribution >= 0.6 is 23.2 Å². The molecule has 0 amide bonds. The predicted octanol–water partition coefficient (Wildman–Crippen LogP) is 4.69. The van der Waals surface area contributed by atoms with Crippen molar-refractivity contribution in [3.8, 4) is 5.75 Å². The summed E-state index contributed by atoms with van der Waals surface area (Å²) in [5.74, 6) is 0.322. The van der Waals surface area contributed by atoms with E-state index in [2.05, 4.69) is 0 Å². The fourth-order valence-electron chi connectivity index (χ4n) is 1.04. The summed E-state index contributed by atoms with van der Waals surface area (Å²) in [6, 6.07) is 14.1. The number of phenols is 1. The minimum absolute atomic E-state index is 0.322. The van der Waals surface area contributed by atoms with E-state index in [4.69, 9.17) is 28.3 Å². The topological polar surface area (TPSA) is 20.2 Å². The standard InChI is InChI=1S/C7H6Cl2.C6H6O/c1-5-4-6(8)2-3-7(5)9;7-6-4-2-1-3-5-6/h2-4H,1H3;1-5,7H. The lowest BCUT2D eigenvalue weighted by molar-refractivity contribution is 0.475. The van der Waals surface area contributed by atoms with E-state index in [9.17, 15) is 0 Å². The van der Waals surface area contributed by atoms with Crippen LogP contribution in [0.15, 0.2) is 48.5 Å². The molecule has 84 valence electrons. The predicted molar refractivity (Wildman–Crippen MR) is 69.3 cm³/mol. The molecule has 0 heterocycles. The van der Waals surface area contributed by atoms with Gasteiger partial charge in [-0.05, 0) is 42.8 Å². The van der Waals surface area contributed by atoms with Crippen molar-refractivity contribution in [1.82, 2.24) is 0 Å². The van der Waals surface area contributed by atoms with Gasteiger partial charge in [0.1, 0.15) is 5.75 Å². The van der Waals surface area contributed by atoms with Crippen LogP contribution in [0.3, 0.4) is 0 Å². The van der Waals surface area contributed by atoms with E-state index < -0.39 is 0 Å². The normalized spacial score (nSPS) is 9.19. The zero-order chi connectivity index (χ0) is 12.0. The maximum absolute atomic E-state index is 8.63. The number of hydrogen-bond donors (Lipinski definition) is 1. The molecule has 0 bridgehead atoms. The molecule has 0 aliphatic rings. The summed E-state index contributed by atoms with van der Waals surface area (Å²) in [6.45, 7) is 1.92. The van der Waals surface area contributed by atoms with Gasteiger partial charge in [0.25, 0.3) is 0 Å². The Labute approximate surface area is 105 Å². The van der Waals surface area contributed by atoms with Gasteiger partial charge in [0, 0.05) is 10.0 Å². The molecule has 0 atom stereocenters. The summed E-state index contributed by atoms with van der Waals surface area (Å²) in [5.41, 5.74) is 1.02. The first-order valence-corrected chi connectivity index (χ1v) is 5.51. The van der Waals surface area contributed by atoms with Crippen molar-refractivity contribution in [2.45, 2.75) is 6.92 Å². The van der Waals surface area contributed by atoms with Crippen molar-refractivity contribution < 1.29 is 5.11 Å². The van der Waals surface area contributed by atoms with E-state index in [1.165, 1.54) is 0 Å². The van der Waals surface area contributed by atoms with Crippen molar-refractivity contribution in [1.29, 1.82) is 0 Å². The summed E-state index contributed by atoms with van der Waals surface area (Å²) in [7, 11) is 0. The van der Waals surface area contributed by atoms with Crippen LogP contribution in [0.4, 0.5) is 0 Å². The summed E-state index contributed by atoms with van der Waals surface area (Å²) >= 11 is 11.4. The van der Waals surface area contributed by atoms with E-state index in [0.29, 0.717) is 5.75 Å². The van der Waals surface area contributed by atoms with Gasteiger partial charge in [-0.1, -0.05) is 41.4 Å². The molecule has 0 unspecified atom stereocenters. The molecule has 0 aromatic heterocycles. The molecule has 0 fully saturated rings. The lowest BCUT2D eigenvalue weighted by Gasteiger charge is -1.94. The zero-order valence-electron chi connectivity index (χ0n) is 8.82. The van der Waals surface area contributed by atoms with E-state index in [-0.39, 0.29) is 0 Å². The molecule has 1 nitrogen and oxygen atoms in total. The van der Waals surface area contributed by atoms with Crippen LogP contribution in [0.2, 0.25) is 10.0 Å². The lowest BCUT2D eigenvalue weighted by Crippen LogP contribution is -1.72. The molecule has 1 N–H and O–H groups in total. The molecule has 0 saturated heterocycles. The lowest BCUT2D eigenvalue weighted by atomic mass is 10.2. The smallest absolute Gasteiger partial charge is 0.115 e. The van der Waals surface area contributed by atoms with Gasteiger partial charge < -0.3 is 5.11 Å². The Morgan fingerprint density at radius 3 is 1.94 bits per heavy atom. The second-order valence-corrected chi connectivity index (χ2v) is 4.07. The van der Waals surface area contributed by atoms with Gasteiger partial charge in [0.15, 0.2) is 0 Å². The van der Waals surface area contributed by atoms with E-state index >= 15 is 0 Å². The highest BCUT2D eigenvalue weighted by molar-refractivity contribution is 6.33. The maximum atomic E-state index is 8.63. The molecule has 0 saturated carbocycles. The Hall–Kier alpha value is -1.18. The molecule has 0 spiro atoms. The minimum Gasteiger partial charge on any atom is -0.508 e. The summed E-state index contributed by atoms with van der Waals surface area (Å²) < 4.78 is 0. The van der Waals surface area contributed by atoms with E-state index in [1.54, 1.807) is 36.4 Å². The molecule has 0 aliphatic carbocycles. The Morgan fingerprint density at radius 1 is 0.938 bits per heavy atom. The van der Waals surface area contributed by atoms with Gasteiger partial charge in [0.05, 0.1) is 0 Å². The molecule has 3 heteroatoms. The number of aromatic hydroxyl groups is 1. The third-order valence-electron chi connectivity index (χ3n) is 1.88. The van der Waals surface area contributed by atoms with E-state index in [0.717, 1.165) is 15.6 Å². The summed E-state index contributed by atoms with van der Waals surface area (Å²) in [5, 5.41) is 10.1. The van der Waals surface area contributed by atoms with Gasteiger partial charge in [-0.2, -0.15) is 0 Å². The van der Waals surface area contributed by atoms with Crippen LogP contribution in [0.25, 0.3) is 0 Å². The van der Waals surface area contributed by atoms with Gasteiger partial charge >= 0.3 is 0 Å². The number of benzene rings is 2. The number of hydrogen-bond acceptors (Lipinski definition) is 1. The highest BCUT2D eigenvalue weighted by Gasteiger charge is 1.92. The molecular weight excluding hydrogens is 243 g/mol. The van der Waals surface area contributed by atoms with Crippen LogP contribution in [-0.2, 0) is 0 Å². The van der Waals surface area contributed by atoms with Gasteiger partial charge in [-0.15, -0.1) is 0 Å². The van der Waals surface area contributed by atoms with E-state index in [1.807, 2.05) is 19.1 Å². The largest absolute Gasteiger partial charge is 0.508 e. The van der Waals surface area contributed by atoms with Crippen LogP contribution < -0.4 is 0 Å². The van der Waals surface area contributed by atoms with Gasteiger partial charge in [-0.3, -0.25) is 0 Å². The molecule has 2 aromatic carbocycles. The van der Waals surface area contributed by atoms with Crippen LogP contribution in [0, 0.1) is 6.92 Å². The van der Waals surface area contributed by atoms with Crippen molar-refractivity contribution >= 4 is 23.2 Å². The van der Waals surface area contributed by atoms with Crippen LogP contribution in [0.5, 0.6) is 5.75 Å². The average Bonchev–Trinajstić information content (AvgIpc) is 2.26. The monoisotopic (exact) mass is 254 g/mol. The Balaban J connectivity index is 0.000000165. The van der Waals surface area contributed by atoms with Gasteiger partial charge in [0.2, 0.25) is 0 Å². The summed E-state index contributed by atoms with van der Waals surface area (Å²) in [4.78, 5) is 0. The number of para-hydroxylation sites is 1. The first kappa shape index (κ1) is 12.9. The van der Waals surface area contributed by atoms with Crippen LogP contribution in [0.1, 0.15) is 5.56 Å². The SMILES string of the molecule is Cc1cc(Cl)ccc1Cl.Oc1ccccc1. The minimum atomic E-state index is 0.322. The third kappa shape index (κ3) is 4.56. The number of rotatable bonds is 0. The molecule has 2 rings (SSSR count). The quantitative estimate of drug-likeness (QED) is 0.723. The first-order valence-electron chi connectivity index (χ1n) is 4.75. The average molecular weight is 255 g/mol. The van der Waals surface area contributed by atoms with Crippen molar-refractivity contribution in [2.24, 2.45) is 0 Å². The third-order valence-corrected chi connectivity index (χ3v) is 2.54. The summed E-state index contributed by atoms with van der Waals surface area (Å²) in [6.07, 6.45) is 0. The fourth-order valence-corrected chi connectivity index (χ4v) is 1.38. The van der Waals surface area contributed by atoms with Crippen molar-refractivity contribution in [3.63, 3.8) is 0 Å². The first-order chi connectivity index (χ1) is 7.59. The number of phenolic OH excluding ortho intramolecular Hbond substituents is 1. The fraction of sp³-hybridized carbons (Fsp3) is 0.0769. The highest BCUT2D eigenvalue weighted by atomic mass is 35.5. The molecule has 16 heavy (non-hydrogen) atoms. The highest BCUT2D eigenvalue weighted by Crippen LogP contribution is 2.18. The zero-order valence-corrected chi connectivity index (χ0v) is 10.3. The molecule has 2 aromatic rings. The second-order valence-electron chi connectivity index (χ2n) is 3.23. The maximum Gasteiger partial charge on any atom is 0.115 e. The van der Waals surface area contributed by atoms with Crippen molar-refractivity contribution in [2.75, 3.05) is 0 Å². The van der Waals surface area contributed by atoms with Gasteiger partial charge in [-0.25, -0.2) is 0 Å². The Bertz CT molecular complexity index is 441. The second kappa shape index (κ2) is 6.41. The van der Waals surface area contributed by atoms with Crippen LogP contribution in [-0.4, -0.2) is 5.11 Å².